The molecule has 24 heavy (non-hydrogen) atoms. The van der Waals surface area contributed by atoms with Gasteiger partial charge in [-0.3, -0.25) is 0 Å². The van der Waals surface area contributed by atoms with Gasteiger partial charge in [-0.15, -0.1) is 6.42 Å². The molecule has 0 radical (unpaired) electrons. The molecule has 116 valence electrons. The molecule has 6 nitrogen and oxygen atoms in total. The molecule has 4 N–H and O–H groups in total. The third-order valence-electron chi connectivity index (χ3n) is 3.97. The number of hydrogen-bond donors (Lipinski definition) is 2. The Balaban J connectivity index is 1.82. The number of benzene rings is 1. The maximum atomic E-state index is 5.91. The van der Waals surface area contributed by atoms with Crippen LogP contribution in [-0.4, -0.2) is 19.5 Å². The first kappa shape index (κ1) is 14.0. The molecule has 3 heterocycles. The smallest absolute Gasteiger partial charge is 0.222 e. The molecule has 0 aliphatic carbocycles. The first-order valence-electron chi connectivity index (χ1n) is 7.38. The summed E-state index contributed by atoms with van der Waals surface area (Å²) >= 11 is 0. The maximum Gasteiger partial charge on any atom is 0.222 e. The Hall–Kier alpha value is -3.59. The second-order valence-electron chi connectivity index (χ2n) is 5.51. The number of pyridine rings is 1. The van der Waals surface area contributed by atoms with Crippen molar-refractivity contribution in [2.45, 2.75) is 6.54 Å². The van der Waals surface area contributed by atoms with E-state index in [1.165, 1.54) is 0 Å². The third kappa shape index (κ3) is 2.20. The molecule has 0 saturated heterocycles. The minimum atomic E-state index is 0.158. The summed E-state index contributed by atoms with van der Waals surface area (Å²) in [5.74, 6) is 3.11. The van der Waals surface area contributed by atoms with Crippen LogP contribution in [0, 0.1) is 12.3 Å². The summed E-state index contributed by atoms with van der Waals surface area (Å²) in [6.07, 6.45) is 9.05. The molecule has 0 spiro atoms. The number of aromatic nitrogens is 4. The fourth-order valence-corrected chi connectivity index (χ4v) is 2.79. The number of anilines is 2. The van der Waals surface area contributed by atoms with Gasteiger partial charge in [0.15, 0.2) is 0 Å². The molecule has 0 fully saturated rings. The summed E-state index contributed by atoms with van der Waals surface area (Å²) < 4.78 is 2.05. The van der Waals surface area contributed by atoms with Crippen LogP contribution in [-0.2, 0) is 6.54 Å². The van der Waals surface area contributed by atoms with E-state index < -0.39 is 0 Å². The molecule has 0 unspecified atom stereocenters. The van der Waals surface area contributed by atoms with Crippen LogP contribution in [0.4, 0.5) is 11.8 Å². The van der Waals surface area contributed by atoms with E-state index in [-0.39, 0.29) is 5.95 Å². The van der Waals surface area contributed by atoms with Crippen molar-refractivity contribution in [3.63, 3.8) is 0 Å². The van der Waals surface area contributed by atoms with Crippen LogP contribution in [0.2, 0.25) is 0 Å². The lowest BCUT2D eigenvalue weighted by Gasteiger charge is -2.07. The molecule has 0 atom stereocenters. The zero-order valence-corrected chi connectivity index (χ0v) is 12.8. The van der Waals surface area contributed by atoms with Crippen molar-refractivity contribution in [2.24, 2.45) is 0 Å². The lowest BCUT2D eigenvalue weighted by Crippen LogP contribution is -2.02. The monoisotopic (exact) mass is 314 g/mol. The average molecular weight is 314 g/mol. The van der Waals surface area contributed by atoms with Gasteiger partial charge in [0.2, 0.25) is 5.95 Å². The van der Waals surface area contributed by atoms with Crippen molar-refractivity contribution in [1.29, 1.82) is 0 Å². The molecule has 0 aliphatic rings. The van der Waals surface area contributed by atoms with E-state index in [9.17, 15) is 0 Å². The van der Waals surface area contributed by atoms with Crippen LogP contribution in [0.3, 0.4) is 0 Å². The zero-order valence-electron chi connectivity index (χ0n) is 12.8. The van der Waals surface area contributed by atoms with Crippen molar-refractivity contribution in [1.82, 2.24) is 19.5 Å². The van der Waals surface area contributed by atoms with Gasteiger partial charge in [0.25, 0.3) is 0 Å². The van der Waals surface area contributed by atoms with Crippen molar-refractivity contribution in [3.05, 3.63) is 53.9 Å². The van der Waals surface area contributed by atoms with Gasteiger partial charge in [-0.2, -0.15) is 4.98 Å². The van der Waals surface area contributed by atoms with E-state index in [0.29, 0.717) is 23.3 Å². The van der Waals surface area contributed by atoms with E-state index in [0.717, 1.165) is 22.2 Å². The minimum Gasteiger partial charge on any atom is -0.383 e. The summed E-state index contributed by atoms with van der Waals surface area (Å²) in [7, 11) is 0. The van der Waals surface area contributed by atoms with E-state index in [1.807, 2.05) is 41.1 Å². The van der Waals surface area contributed by atoms with Crippen molar-refractivity contribution < 1.29 is 0 Å². The largest absolute Gasteiger partial charge is 0.383 e. The van der Waals surface area contributed by atoms with Crippen LogP contribution >= 0.6 is 0 Å². The topological polar surface area (TPSA) is 95.6 Å². The second-order valence-corrected chi connectivity index (χ2v) is 5.51. The molecule has 0 saturated carbocycles. The third-order valence-corrected chi connectivity index (χ3v) is 3.97. The van der Waals surface area contributed by atoms with Gasteiger partial charge in [-0.1, -0.05) is 18.1 Å². The molecule has 0 aliphatic heterocycles. The Kier molecular flexibility index (Phi) is 3.07. The first-order valence-corrected chi connectivity index (χ1v) is 7.38. The fourth-order valence-electron chi connectivity index (χ4n) is 2.79. The van der Waals surface area contributed by atoms with Crippen molar-refractivity contribution >= 4 is 33.7 Å². The Morgan fingerprint density at radius 2 is 1.83 bits per heavy atom. The van der Waals surface area contributed by atoms with Gasteiger partial charge < -0.3 is 16.0 Å². The summed E-state index contributed by atoms with van der Waals surface area (Å²) in [4.78, 5) is 12.8. The number of rotatable bonds is 2. The van der Waals surface area contributed by atoms with Gasteiger partial charge >= 0.3 is 0 Å². The normalized spacial score (nSPS) is 11.0. The first-order chi connectivity index (χ1) is 11.7. The number of fused-ring (bicyclic) bond motifs is 3. The molecular weight excluding hydrogens is 300 g/mol. The second kappa shape index (κ2) is 5.25. The van der Waals surface area contributed by atoms with Crippen LogP contribution in [0.1, 0.15) is 11.1 Å². The predicted octanol–water partition coefficient (Wildman–Crippen LogP) is 2.17. The molecule has 4 rings (SSSR count). The number of nitrogens with zero attached hydrogens (tertiary/aromatic N) is 4. The molecule has 0 amide bonds. The Bertz CT molecular complexity index is 1100. The van der Waals surface area contributed by atoms with Gasteiger partial charge in [0.1, 0.15) is 11.5 Å². The number of nitrogen functional groups attached to an aromatic ring is 2. The summed E-state index contributed by atoms with van der Waals surface area (Å²) in [6.45, 7) is 0.683. The Morgan fingerprint density at radius 3 is 2.58 bits per heavy atom. The van der Waals surface area contributed by atoms with Gasteiger partial charge in [-0.25, -0.2) is 9.97 Å². The highest BCUT2D eigenvalue weighted by Crippen LogP contribution is 2.26. The molecule has 3 aromatic heterocycles. The summed E-state index contributed by atoms with van der Waals surface area (Å²) in [6, 6.07) is 9.85. The lowest BCUT2D eigenvalue weighted by atomic mass is 10.1. The summed E-state index contributed by atoms with van der Waals surface area (Å²) in [5, 5.41) is 1.60. The van der Waals surface area contributed by atoms with Gasteiger partial charge in [0, 0.05) is 29.9 Å². The van der Waals surface area contributed by atoms with Crippen LogP contribution in [0.25, 0.3) is 21.9 Å². The quantitative estimate of drug-likeness (QED) is 0.553. The van der Waals surface area contributed by atoms with Crippen molar-refractivity contribution in [3.8, 4) is 12.3 Å². The average Bonchev–Trinajstić information content (AvgIpc) is 2.99. The molecule has 0 bridgehead atoms. The standard InChI is InChI=1S/C18H14N6/c1-2-11-3-5-12(6-4-11)10-24-8-7-13-15-14(9-21-17(13)24)16(19)23-18(20)22-15/h1,3-9H,10H2,(H4,19,20,22,23). The lowest BCUT2D eigenvalue weighted by molar-refractivity contribution is 0.825. The molecule has 6 heteroatoms. The molecular formula is C18H14N6. The predicted molar refractivity (Wildman–Crippen MR) is 95.1 cm³/mol. The highest BCUT2D eigenvalue weighted by molar-refractivity contribution is 6.05. The van der Waals surface area contributed by atoms with Crippen LogP contribution in [0.5, 0.6) is 0 Å². The van der Waals surface area contributed by atoms with E-state index in [4.69, 9.17) is 17.9 Å². The van der Waals surface area contributed by atoms with Gasteiger partial charge in [0.05, 0.1) is 10.9 Å². The van der Waals surface area contributed by atoms with Gasteiger partial charge in [-0.05, 0) is 23.8 Å². The minimum absolute atomic E-state index is 0.158. The Morgan fingerprint density at radius 1 is 1.04 bits per heavy atom. The molecule has 1 aromatic carbocycles. The summed E-state index contributed by atoms with van der Waals surface area (Å²) in [5.41, 5.74) is 15.2. The van der Waals surface area contributed by atoms with Crippen molar-refractivity contribution in [2.75, 3.05) is 11.5 Å². The number of hydrogen-bond acceptors (Lipinski definition) is 5. The van der Waals surface area contributed by atoms with E-state index in [1.54, 1.807) is 6.20 Å². The maximum absolute atomic E-state index is 5.91. The highest BCUT2D eigenvalue weighted by atomic mass is 15.1. The Labute approximate surface area is 138 Å². The number of terminal acetylenes is 1. The van der Waals surface area contributed by atoms with E-state index >= 15 is 0 Å². The molecule has 4 aromatic rings. The zero-order chi connectivity index (χ0) is 16.7. The number of nitrogens with two attached hydrogens (primary N) is 2. The highest BCUT2D eigenvalue weighted by Gasteiger charge is 2.11. The SMILES string of the molecule is C#Cc1ccc(Cn2ccc3c4nc(N)nc(N)c4cnc32)cc1. The fraction of sp³-hybridized carbons (Fsp3) is 0.0556. The van der Waals surface area contributed by atoms with Crippen LogP contribution in [0.15, 0.2) is 42.7 Å². The van der Waals surface area contributed by atoms with Crippen LogP contribution < -0.4 is 11.5 Å². The van der Waals surface area contributed by atoms with E-state index in [2.05, 4.69) is 20.9 Å².